The Hall–Kier alpha value is -3.51. The number of ether oxygens (including phenoxy) is 3. The first-order chi connectivity index (χ1) is 19.3. The monoisotopic (exact) mass is 631 g/mol. The number of hydrogen-bond acceptors (Lipinski definition) is 9. The lowest BCUT2D eigenvalue weighted by molar-refractivity contribution is -0.145. The third-order valence-electron chi connectivity index (χ3n) is 6.19. The molecule has 0 bridgehead atoms. The zero-order valence-corrected chi connectivity index (χ0v) is 24.7. The van der Waals surface area contributed by atoms with E-state index < -0.39 is 17.1 Å². The molecule has 3 amide bonds. The molecule has 0 saturated carbocycles. The summed E-state index contributed by atoms with van der Waals surface area (Å²) >= 11 is 4.21. The Morgan fingerprint density at radius 1 is 1.00 bits per heavy atom. The molecule has 4 rings (SSSR count). The molecule has 0 aromatic heterocycles. The van der Waals surface area contributed by atoms with Crippen molar-refractivity contribution in [2.75, 3.05) is 57.4 Å². The van der Waals surface area contributed by atoms with Crippen LogP contribution in [0.15, 0.2) is 51.8 Å². The van der Waals surface area contributed by atoms with Gasteiger partial charge in [0.25, 0.3) is 11.1 Å². The van der Waals surface area contributed by atoms with Gasteiger partial charge in [0.05, 0.1) is 22.6 Å². The van der Waals surface area contributed by atoms with Gasteiger partial charge < -0.3 is 24.0 Å². The van der Waals surface area contributed by atoms with Crippen LogP contribution in [0.3, 0.4) is 0 Å². The highest BCUT2D eigenvalue weighted by molar-refractivity contribution is 9.10. The molecule has 2 aliphatic rings. The molecule has 2 fully saturated rings. The smallest absolute Gasteiger partial charge is 0.344 e. The first-order valence-corrected chi connectivity index (χ1v) is 14.5. The minimum atomic E-state index is -0.525. The number of esters is 1. The summed E-state index contributed by atoms with van der Waals surface area (Å²) in [7, 11) is 0. The van der Waals surface area contributed by atoms with Gasteiger partial charge in [-0.25, -0.2) is 4.79 Å². The van der Waals surface area contributed by atoms with Crippen LogP contribution in [0.4, 0.5) is 10.5 Å². The number of para-hydroxylation sites is 1. The van der Waals surface area contributed by atoms with E-state index in [0.717, 1.165) is 22.3 Å². The summed E-state index contributed by atoms with van der Waals surface area (Å²) in [6.45, 7) is 5.87. The van der Waals surface area contributed by atoms with Crippen LogP contribution in [0.2, 0.25) is 0 Å². The second-order valence-corrected chi connectivity index (χ2v) is 10.7. The highest BCUT2D eigenvalue weighted by atomic mass is 79.9. The normalized spacial score (nSPS) is 16.5. The van der Waals surface area contributed by atoms with Crippen molar-refractivity contribution in [2.45, 2.75) is 13.8 Å². The second-order valence-electron chi connectivity index (χ2n) is 8.83. The van der Waals surface area contributed by atoms with Gasteiger partial charge in [-0.3, -0.25) is 19.3 Å². The summed E-state index contributed by atoms with van der Waals surface area (Å²) in [5.41, 5.74) is 1.68. The number of anilines is 1. The van der Waals surface area contributed by atoms with Gasteiger partial charge in [0.1, 0.15) is 6.54 Å². The Labute approximate surface area is 245 Å². The van der Waals surface area contributed by atoms with E-state index in [1.165, 1.54) is 0 Å². The van der Waals surface area contributed by atoms with Crippen LogP contribution >= 0.6 is 27.7 Å². The van der Waals surface area contributed by atoms with Crippen molar-refractivity contribution in [1.82, 2.24) is 9.80 Å². The third kappa shape index (κ3) is 7.16. The van der Waals surface area contributed by atoms with Gasteiger partial charge in [0.15, 0.2) is 18.1 Å². The van der Waals surface area contributed by atoms with Crippen LogP contribution in [0.5, 0.6) is 11.5 Å². The van der Waals surface area contributed by atoms with E-state index in [1.54, 1.807) is 37.0 Å². The Balaban J connectivity index is 1.41. The molecule has 0 radical (unpaired) electrons. The number of carbonyl (C=O) groups excluding carboxylic acids is 4. The highest BCUT2D eigenvalue weighted by Crippen LogP contribution is 2.39. The Kier molecular flexibility index (Phi) is 10.1. The minimum Gasteiger partial charge on any atom is -0.490 e. The van der Waals surface area contributed by atoms with Crippen molar-refractivity contribution in [2.24, 2.45) is 0 Å². The van der Waals surface area contributed by atoms with Gasteiger partial charge in [-0.05, 0) is 77.4 Å². The average Bonchev–Trinajstić information content (AvgIpc) is 3.20. The number of imide groups is 1. The van der Waals surface area contributed by atoms with Crippen molar-refractivity contribution in [3.8, 4) is 11.5 Å². The molecule has 2 aliphatic heterocycles. The fourth-order valence-electron chi connectivity index (χ4n) is 4.28. The second kappa shape index (κ2) is 13.7. The van der Waals surface area contributed by atoms with Crippen molar-refractivity contribution < 1.29 is 33.4 Å². The number of benzene rings is 2. The molecule has 212 valence electrons. The molecule has 2 aromatic carbocycles. The topological polar surface area (TPSA) is 106 Å². The van der Waals surface area contributed by atoms with Crippen LogP contribution in [-0.2, 0) is 19.1 Å². The lowest BCUT2D eigenvalue weighted by Gasteiger charge is -2.36. The number of amides is 3. The van der Waals surface area contributed by atoms with Crippen LogP contribution in [0.25, 0.3) is 6.08 Å². The molecular formula is C28H30BrN3O7S. The summed E-state index contributed by atoms with van der Waals surface area (Å²) in [5, 5.41) is -0.494. The van der Waals surface area contributed by atoms with Crippen molar-refractivity contribution in [3.63, 3.8) is 0 Å². The van der Waals surface area contributed by atoms with Gasteiger partial charge in [-0.15, -0.1) is 0 Å². The minimum absolute atomic E-state index is 0.196. The predicted octanol–water partition coefficient (Wildman–Crippen LogP) is 4.17. The van der Waals surface area contributed by atoms with Crippen LogP contribution in [0, 0.1) is 0 Å². The molecule has 2 aromatic rings. The van der Waals surface area contributed by atoms with Gasteiger partial charge in [0.2, 0.25) is 5.91 Å². The fourth-order valence-corrected chi connectivity index (χ4v) is 5.70. The van der Waals surface area contributed by atoms with E-state index in [0.29, 0.717) is 54.3 Å². The van der Waals surface area contributed by atoms with E-state index in [9.17, 15) is 19.2 Å². The Morgan fingerprint density at radius 3 is 2.40 bits per heavy atom. The van der Waals surface area contributed by atoms with Crippen LogP contribution in [-0.4, -0.2) is 85.4 Å². The van der Waals surface area contributed by atoms with Crippen molar-refractivity contribution in [3.05, 3.63) is 57.4 Å². The number of piperazine rings is 1. The van der Waals surface area contributed by atoms with E-state index >= 15 is 0 Å². The molecule has 2 heterocycles. The zero-order valence-electron chi connectivity index (χ0n) is 22.3. The number of rotatable bonds is 10. The molecule has 10 nitrogen and oxygen atoms in total. The molecule has 0 unspecified atom stereocenters. The summed E-state index contributed by atoms with van der Waals surface area (Å²) in [5.74, 6) is -0.624. The quantitative estimate of drug-likeness (QED) is 0.282. The summed E-state index contributed by atoms with van der Waals surface area (Å²) < 4.78 is 16.7. The van der Waals surface area contributed by atoms with E-state index in [-0.39, 0.29) is 30.6 Å². The van der Waals surface area contributed by atoms with Gasteiger partial charge in [-0.2, -0.15) is 0 Å². The lowest BCUT2D eigenvalue weighted by Crippen LogP contribution is -2.51. The molecular weight excluding hydrogens is 602 g/mol. The standard InChI is InChI=1S/C28H30BrN3O7S/c1-3-37-22-15-19(14-21(29)26(22)39-18-25(34)38-4-2)16-23-27(35)32(28(36)40-23)17-24(33)31-12-10-30(11-13-31)20-8-6-5-7-9-20/h5-9,14-16H,3-4,10-13,17-18H2,1-2H3/b23-16+. The van der Waals surface area contributed by atoms with Crippen LogP contribution < -0.4 is 14.4 Å². The molecule has 0 N–H and O–H groups in total. The molecule has 12 heteroatoms. The van der Waals surface area contributed by atoms with E-state index in [2.05, 4.69) is 20.8 Å². The van der Waals surface area contributed by atoms with Crippen LogP contribution in [0.1, 0.15) is 19.4 Å². The summed E-state index contributed by atoms with van der Waals surface area (Å²) in [6.07, 6.45) is 1.57. The molecule has 40 heavy (non-hydrogen) atoms. The fraction of sp³-hybridized carbons (Fsp3) is 0.357. The third-order valence-corrected chi connectivity index (χ3v) is 7.69. The number of hydrogen-bond donors (Lipinski definition) is 0. The maximum absolute atomic E-state index is 13.1. The number of nitrogens with zero attached hydrogens (tertiary/aromatic N) is 3. The molecule has 0 spiro atoms. The highest BCUT2D eigenvalue weighted by Gasteiger charge is 2.37. The van der Waals surface area contributed by atoms with E-state index in [1.807, 2.05) is 30.3 Å². The van der Waals surface area contributed by atoms with Crippen molar-refractivity contribution in [1.29, 1.82) is 0 Å². The number of carbonyl (C=O) groups is 4. The summed E-state index contributed by atoms with van der Waals surface area (Å²) in [4.78, 5) is 55.5. The van der Waals surface area contributed by atoms with Gasteiger partial charge >= 0.3 is 5.97 Å². The largest absolute Gasteiger partial charge is 0.490 e. The maximum atomic E-state index is 13.1. The maximum Gasteiger partial charge on any atom is 0.344 e. The molecule has 0 atom stereocenters. The summed E-state index contributed by atoms with van der Waals surface area (Å²) in [6, 6.07) is 13.3. The average molecular weight is 633 g/mol. The zero-order chi connectivity index (χ0) is 28.6. The number of thioether (sulfide) groups is 1. The first-order valence-electron chi connectivity index (χ1n) is 12.9. The SMILES string of the molecule is CCOC(=O)COc1c(Br)cc(/C=C2/SC(=O)N(CC(=O)N3CCN(c4ccccc4)CC3)C2=O)cc1OCC. The van der Waals surface area contributed by atoms with E-state index in [4.69, 9.17) is 14.2 Å². The first kappa shape index (κ1) is 29.5. The van der Waals surface area contributed by atoms with Gasteiger partial charge in [0, 0.05) is 31.9 Å². The Bertz CT molecular complexity index is 1300. The van der Waals surface area contributed by atoms with Crippen molar-refractivity contribution >= 4 is 62.5 Å². The lowest BCUT2D eigenvalue weighted by atomic mass is 10.2. The van der Waals surface area contributed by atoms with Gasteiger partial charge in [-0.1, -0.05) is 18.2 Å². The predicted molar refractivity (Wildman–Crippen MR) is 155 cm³/mol. The Morgan fingerprint density at radius 2 is 1.73 bits per heavy atom. The molecule has 0 aliphatic carbocycles. The molecule has 2 saturated heterocycles. The number of halogens is 1.